The minimum atomic E-state index is -2.89. The summed E-state index contributed by atoms with van der Waals surface area (Å²) in [7, 11) is 0. The molecule has 8 aliphatic rings. The van der Waals surface area contributed by atoms with Gasteiger partial charge in [-0.3, -0.25) is 4.79 Å². The van der Waals surface area contributed by atoms with Gasteiger partial charge in [-0.2, -0.15) is 0 Å². The average Bonchev–Trinajstić information content (AvgIpc) is 0.775. The summed E-state index contributed by atoms with van der Waals surface area (Å²) in [6.45, 7) is 19.9. The fourth-order valence-corrected chi connectivity index (χ4v) is 17.5. The number of carbonyl (C=O) groups is 2. The number of nitrogens with one attached hydrogen (secondary N) is 1. The largest absolute Gasteiger partial charge is 0.458 e. The smallest absolute Gasteiger partial charge is 0.331 e. The summed E-state index contributed by atoms with van der Waals surface area (Å²) in [5, 5.41) is 232. The van der Waals surface area contributed by atoms with Crippen LogP contribution in [0.15, 0.2) is 48.6 Å². The normalized spacial score (nSPS) is 47.3. The Labute approximate surface area is 714 Å². The van der Waals surface area contributed by atoms with Crippen LogP contribution in [0.5, 0.6) is 0 Å². The molecule has 37 nitrogen and oxygen atoms in total. The molecule has 7 saturated heterocycles. The second kappa shape index (κ2) is 47.9. The summed E-state index contributed by atoms with van der Waals surface area (Å²) in [5.41, 5.74) is 0. The molecule has 0 saturated carbocycles. The van der Waals surface area contributed by atoms with Crippen LogP contribution in [-0.4, -0.2) is 366 Å². The molecule has 0 spiro atoms. The van der Waals surface area contributed by atoms with E-state index in [0.717, 1.165) is 13.0 Å². The lowest BCUT2D eigenvalue weighted by Crippen LogP contribution is -2.66. The second-order valence-corrected chi connectivity index (χ2v) is 35.5. The molecular weight excluding hydrogens is 1610 g/mol. The van der Waals surface area contributed by atoms with Crippen LogP contribution in [0.25, 0.3) is 0 Å². The van der Waals surface area contributed by atoms with Crippen LogP contribution in [0.3, 0.4) is 0 Å². The molecule has 21 N–H and O–H groups in total. The lowest BCUT2D eigenvalue weighted by atomic mass is 9.79. The lowest BCUT2D eigenvalue weighted by Gasteiger charge is -2.50. The van der Waals surface area contributed by atoms with Crippen LogP contribution in [0, 0.1) is 35.5 Å². The molecule has 0 unspecified atom stereocenters. The van der Waals surface area contributed by atoms with E-state index in [4.69, 9.17) is 66.3 Å². The lowest BCUT2D eigenvalue weighted by molar-refractivity contribution is -0.391. The van der Waals surface area contributed by atoms with Crippen molar-refractivity contribution < 1.29 is 178 Å². The topological polar surface area (TPSA) is 580 Å². The third kappa shape index (κ3) is 28.1. The molecule has 46 atom stereocenters. The SMILES string of the molecule is CC[C@@H](O[C@H]1CC[C@H](O[C@H]2CC[C@H](O)[C@@H](C)O2)[C@@H](C)O1)[C@@H](C)[C@@H](O)[C@H](C)[C@H](O)[C@@H](C)[C@@H]1C/C=C\C=C/[C@H](O)C[C@H](O)[C@@H](C)[C@@H](O)C[C@H](O[C@@H]2O[C@H](CO)[C@H](O)[C@H](O)[C@H]2NC(C)=O)[C@@H](C)[C@@H]2C[C@@H](O)[C@H](O)[C@](O)(C[C@H](O[C@@H]3O[C@H](C)[C@@H](O)[C@H](O[C@H]4C[C@@H](O)[C@H](O)[C@@H](C)O4)[C@H]3O[C@@H]3O[C@H](C)[C@@H](O)[C@H](O)[C@H]3O)[C@H](C)CC[C@H](O)C[C@H](O)C/C=C\C=C/C(=O)O1)O2. The fraction of sp³-hybridized carbons (Fsp3) is 0.882. The highest BCUT2D eigenvalue weighted by Crippen LogP contribution is 2.43. The Hall–Kier alpha value is -3.42. The third-order valence-electron chi connectivity index (χ3n) is 26.0. The summed E-state index contributed by atoms with van der Waals surface area (Å²) >= 11 is 0. The molecule has 8 heterocycles. The van der Waals surface area contributed by atoms with Crippen LogP contribution in [0.2, 0.25) is 0 Å². The Kier molecular flexibility index (Phi) is 40.8. The van der Waals surface area contributed by atoms with Gasteiger partial charge in [-0.25, -0.2) is 4.79 Å². The van der Waals surface area contributed by atoms with Gasteiger partial charge in [-0.15, -0.1) is 0 Å². The molecule has 1 amide bonds. The number of aliphatic hydroxyl groups excluding tert-OH is 19. The predicted molar refractivity (Wildman–Crippen MR) is 429 cm³/mol. The van der Waals surface area contributed by atoms with Gasteiger partial charge < -0.3 is 174 Å². The molecule has 122 heavy (non-hydrogen) atoms. The van der Waals surface area contributed by atoms with Crippen molar-refractivity contribution in [2.75, 3.05) is 6.61 Å². The van der Waals surface area contributed by atoms with Gasteiger partial charge in [0.2, 0.25) is 5.91 Å². The minimum absolute atomic E-state index is 0.00178. The highest BCUT2D eigenvalue weighted by molar-refractivity contribution is 5.82. The number of ether oxygens (including phenoxy) is 14. The molecule has 0 aromatic carbocycles. The van der Waals surface area contributed by atoms with E-state index in [0.29, 0.717) is 32.1 Å². The van der Waals surface area contributed by atoms with Crippen molar-refractivity contribution in [3.05, 3.63) is 48.6 Å². The molecule has 37 heteroatoms. The standard InChI is InChI=1S/C85H145NO36/c1-14-58(115-67-30-28-60(45(9)110-67)116-66-29-27-53(92)44(8)109-66)41(5)70(98)43(7)71(99)42(6)59-23-19-15-17-22-51(90)32-54(93)39(3)55(94)33-61(117-82-69(86-49(13)88)76(104)75(103)64(37-87)119-82)40(4)62-34-57(96)81(107)85(108,122-62)36-63(38(2)25-26-52(91)31-50(89)21-18-16-20-24-65(97)114-59)118-84-80(121-83-78(106)77(105)73(101)47(11)112-83)79(74(102)48(12)113-84)120-68-35-56(95)72(100)46(10)111-68/h15-20,22,24,38-48,50-64,66-84,87,89-96,98-108H,14,21,23,25-37H2,1-13H3,(H,86,88)/b18-16-,19-15-,22-17-,24-20-/t38-,39-,40-,41-,42+,43+,44-,45-,46-,47-,48-,50-,51+,52+,53+,54+,55+,56-,57-,58-,59+,60+,61+,62+,63+,64-,66+,67+,68+,69-,70-,71-,72-,73-,74-,75+,76-,77+,78-,79+,80-,81+,82-,83+,84+,85+/m1/s1. The van der Waals surface area contributed by atoms with Gasteiger partial charge in [0.1, 0.15) is 79.3 Å². The number of rotatable bonds is 21. The molecule has 0 radical (unpaired) electrons. The van der Waals surface area contributed by atoms with Gasteiger partial charge in [-0.1, -0.05) is 91.0 Å². The molecule has 8 rings (SSSR count). The molecule has 706 valence electrons. The van der Waals surface area contributed by atoms with Crippen molar-refractivity contribution in [1.82, 2.24) is 5.32 Å². The molecule has 7 fully saturated rings. The molecule has 8 aliphatic heterocycles. The zero-order valence-electron chi connectivity index (χ0n) is 72.4. The summed E-state index contributed by atoms with van der Waals surface area (Å²) < 4.78 is 88.0. The Morgan fingerprint density at radius 2 is 1.15 bits per heavy atom. The number of fused-ring (bicyclic) bond motifs is 2. The zero-order valence-corrected chi connectivity index (χ0v) is 72.4. The van der Waals surface area contributed by atoms with Crippen LogP contribution in [-0.2, 0) is 75.9 Å². The van der Waals surface area contributed by atoms with Gasteiger partial charge in [0, 0.05) is 94.0 Å². The van der Waals surface area contributed by atoms with Crippen LogP contribution in [0.1, 0.15) is 186 Å². The van der Waals surface area contributed by atoms with Gasteiger partial charge in [0.25, 0.3) is 0 Å². The second-order valence-electron chi connectivity index (χ2n) is 35.5. The number of cyclic esters (lactones) is 1. The number of hydrogen-bond acceptors (Lipinski definition) is 36. The number of hydrogen-bond donors (Lipinski definition) is 21. The van der Waals surface area contributed by atoms with E-state index in [1.54, 1.807) is 45.9 Å². The van der Waals surface area contributed by atoms with Crippen LogP contribution < -0.4 is 5.32 Å². The Morgan fingerprint density at radius 1 is 0.516 bits per heavy atom. The van der Waals surface area contributed by atoms with Crippen molar-refractivity contribution in [3.63, 3.8) is 0 Å². The predicted octanol–water partition coefficient (Wildman–Crippen LogP) is -1.33. The van der Waals surface area contributed by atoms with Crippen molar-refractivity contribution >= 4 is 11.9 Å². The maximum Gasteiger partial charge on any atom is 0.331 e. The Bertz CT molecular complexity index is 3210. The first kappa shape index (κ1) is 104. The third-order valence-corrected chi connectivity index (χ3v) is 26.0. The van der Waals surface area contributed by atoms with E-state index in [1.807, 2.05) is 20.8 Å². The number of aliphatic hydroxyl groups is 20. The van der Waals surface area contributed by atoms with Crippen molar-refractivity contribution in [1.29, 1.82) is 0 Å². The van der Waals surface area contributed by atoms with Crippen LogP contribution in [0.4, 0.5) is 0 Å². The van der Waals surface area contributed by atoms with E-state index >= 15 is 0 Å². The minimum Gasteiger partial charge on any atom is -0.458 e. The van der Waals surface area contributed by atoms with E-state index in [1.165, 1.54) is 58.9 Å². The first-order valence-corrected chi connectivity index (χ1v) is 43.7. The van der Waals surface area contributed by atoms with Crippen molar-refractivity contribution in [3.8, 4) is 0 Å². The summed E-state index contributed by atoms with van der Waals surface area (Å²) in [6.07, 6.45) is -39.4. The fourth-order valence-electron chi connectivity index (χ4n) is 17.5. The van der Waals surface area contributed by atoms with Gasteiger partial charge in [-0.05, 0) is 85.5 Å². The Balaban J connectivity index is 1.08. The van der Waals surface area contributed by atoms with E-state index in [9.17, 15) is 112 Å². The highest BCUT2D eigenvalue weighted by atomic mass is 16.8. The number of amides is 1. The van der Waals surface area contributed by atoms with Crippen molar-refractivity contribution in [2.45, 2.75) is 431 Å². The van der Waals surface area contributed by atoms with E-state index in [-0.39, 0.29) is 63.3 Å². The van der Waals surface area contributed by atoms with Gasteiger partial charge >= 0.3 is 5.97 Å². The number of allylic oxidation sites excluding steroid dienone is 4. The highest BCUT2D eigenvalue weighted by Gasteiger charge is 2.57. The first-order chi connectivity index (χ1) is 57.4. The molecule has 2 bridgehead atoms. The Morgan fingerprint density at radius 3 is 1.81 bits per heavy atom. The molecule has 0 aromatic heterocycles. The molecular formula is C85H145NO36. The van der Waals surface area contributed by atoms with Gasteiger partial charge in [0.15, 0.2) is 43.5 Å². The maximum absolute atomic E-state index is 13.8. The summed E-state index contributed by atoms with van der Waals surface area (Å²) in [5.74, 6) is -9.86. The van der Waals surface area contributed by atoms with Gasteiger partial charge in [0.05, 0.1) is 129 Å². The van der Waals surface area contributed by atoms with E-state index < -0.39 is 300 Å². The van der Waals surface area contributed by atoms with E-state index in [2.05, 4.69) is 5.32 Å². The monoisotopic (exact) mass is 1760 g/mol. The zero-order chi connectivity index (χ0) is 90.2. The summed E-state index contributed by atoms with van der Waals surface area (Å²) in [4.78, 5) is 26.6. The quantitative estimate of drug-likeness (QED) is 0.0592. The molecule has 0 aliphatic carbocycles. The molecule has 0 aromatic rings. The maximum atomic E-state index is 13.8. The van der Waals surface area contributed by atoms with Crippen LogP contribution >= 0.6 is 0 Å². The number of esters is 1. The first-order valence-electron chi connectivity index (χ1n) is 43.7. The average molecular weight is 1760 g/mol. The summed E-state index contributed by atoms with van der Waals surface area (Å²) in [6, 6.07) is -1.56. The van der Waals surface area contributed by atoms with Crippen molar-refractivity contribution in [2.24, 2.45) is 35.5 Å². The number of carbonyl (C=O) groups excluding carboxylic acids is 2.